The summed E-state index contributed by atoms with van der Waals surface area (Å²) in [5.41, 5.74) is 2.26. The Morgan fingerprint density at radius 2 is 1.91 bits per heavy atom. The molecule has 5 aromatic rings. The molecule has 4 heterocycles. The Morgan fingerprint density at radius 1 is 1.13 bits per heavy atom. The number of aliphatic hydroxyl groups is 1. The lowest BCUT2D eigenvalue weighted by molar-refractivity contribution is -0.109. The number of hydrogen-bond donors (Lipinski definition) is 2. The third-order valence-corrected chi connectivity index (χ3v) is 9.39. The average Bonchev–Trinajstić information content (AvgIpc) is 3.80. The van der Waals surface area contributed by atoms with Gasteiger partial charge in [-0.05, 0) is 61.8 Å². The number of ether oxygens (including phenoxy) is 2. The summed E-state index contributed by atoms with van der Waals surface area (Å²) < 4.78 is 35.7. The van der Waals surface area contributed by atoms with Gasteiger partial charge in [0.2, 0.25) is 5.78 Å². The summed E-state index contributed by atoms with van der Waals surface area (Å²) in [6.07, 6.45) is 5.29. The Hall–Kier alpha value is -4.46. The number of nitrogens with zero attached hydrogens (tertiary/aromatic N) is 5. The number of rotatable bonds is 9. The van der Waals surface area contributed by atoms with Gasteiger partial charge in [0.25, 0.3) is 5.56 Å². The van der Waals surface area contributed by atoms with E-state index < -0.39 is 17.2 Å². The molecule has 246 valence electrons. The number of fused-ring (bicyclic) bond motifs is 1. The van der Waals surface area contributed by atoms with Crippen LogP contribution < -0.4 is 11.3 Å². The van der Waals surface area contributed by atoms with E-state index in [-0.39, 0.29) is 42.7 Å². The largest absolute Gasteiger partial charge is 0.439 e. The third-order valence-electron chi connectivity index (χ3n) is 9.39. The van der Waals surface area contributed by atoms with Crippen molar-refractivity contribution in [3.05, 3.63) is 92.3 Å². The van der Waals surface area contributed by atoms with E-state index >= 15 is 4.39 Å². The van der Waals surface area contributed by atoms with Gasteiger partial charge in [0.1, 0.15) is 23.8 Å². The van der Waals surface area contributed by atoms with E-state index in [1.807, 2.05) is 19.1 Å². The molecule has 0 amide bonds. The summed E-state index contributed by atoms with van der Waals surface area (Å²) in [5.74, 6) is -0.399. The highest BCUT2D eigenvalue weighted by Gasteiger charge is 2.41. The van der Waals surface area contributed by atoms with Crippen molar-refractivity contribution in [1.29, 1.82) is 0 Å². The van der Waals surface area contributed by atoms with Crippen molar-refractivity contribution in [3.8, 4) is 22.5 Å². The smallest absolute Gasteiger partial charge is 0.385 e. The molecule has 1 saturated heterocycles. The fourth-order valence-corrected chi connectivity index (χ4v) is 6.92. The zero-order valence-corrected chi connectivity index (χ0v) is 26.3. The molecule has 3 aromatic heterocycles. The summed E-state index contributed by atoms with van der Waals surface area (Å²) in [7, 11) is 0. The van der Waals surface area contributed by atoms with Crippen molar-refractivity contribution in [2.45, 2.75) is 82.6 Å². The van der Waals surface area contributed by atoms with E-state index in [2.05, 4.69) is 24.7 Å². The second-order valence-corrected chi connectivity index (χ2v) is 12.7. The lowest BCUT2D eigenvalue weighted by Crippen LogP contribution is -2.43. The second-order valence-electron chi connectivity index (χ2n) is 12.7. The Labute approximate surface area is 269 Å². The molecule has 2 aliphatic rings. The molecule has 1 saturated carbocycles. The lowest BCUT2D eigenvalue weighted by Gasteiger charge is -2.34. The van der Waals surface area contributed by atoms with Crippen LogP contribution in [0.4, 0.5) is 4.39 Å². The molecule has 2 aromatic carbocycles. The molecule has 47 heavy (non-hydrogen) atoms. The van der Waals surface area contributed by atoms with Crippen LogP contribution in [0.1, 0.15) is 68.8 Å². The summed E-state index contributed by atoms with van der Waals surface area (Å²) in [6, 6.07) is 12.0. The fourth-order valence-electron chi connectivity index (χ4n) is 6.92. The summed E-state index contributed by atoms with van der Waals surface area (Å²) in [6.45, 7) is 4.37. The number of hydrogen-bond acceptors (Lipinski definition) is 9. The van der Waals surface area contributed by atoms with Crippen molar-refractivity contribution < 1.29 is 23.5 Å². The normalized spacial score (nSPS) is 23.1. The third kappa shape index (κ3) is 5.94. The maximum absolute atomic E-state index is 15.9. The molecule has 0 radical (unpaired) electrons. The molecule has 2 fully saturated rings. The molecular weight excluding hydrogens is 607 g/mol. The van der Waals surface area contributed by atoms with Gasteiger partial charge in [-0.2, -0.15) is 10.1 Å². The van der Waals surface area contributed by atoms with Gasteiger partial charge in [0.15, 0.2) is 5.82 Å². The van der Waals surface area contributed by atoms with E-state index in [0.717, 1.165) is 25.0 Å². The monoisotopic (exact) mass is 644 g/mol. The van der Waals surface area contributed by atoms with Gasteiger partial charge in [-0.1, -0.05) is 54.9 Å². The number of benzene rings is 2. The first-order valence-electron chi connectivity index (χ1n) is 16.1. The van der Waals surface area contributed by atoms with Gasteiger partial charge >= 0.3 is 5.76 Å². The number of aryl methyl sites for hydroxylation is 1. The standard InChI is InChI=1S/C34H37FN6O6/c1-3-6-28-26(15-21-10-9-20(16-27(21)35)24-7-4-5-8-25(24)30-38-33(43)47-39-30)31(42)40(32-36-19-37-41(28)32)22-11-13-23(14-12-22)46-29-17-45-18-34(29,2)44/h4-5,7-10,16,19,22-23,29,44H,3,6,11-15,17-18H2,1-2H3,(H,38,39,43). The van der Waals surface area contributed by atoms with Crippen LogP contribution in [-0.4, -0.2) is 65.4 Å². The summed E-state index contributed by atoms with van der Waals surface area (Å²) >= 11 is 0. The first-order chi connectivity index (χ1) is 22.7. The van der Waals surface area contributed by atoms with E-state index in [1.165, 1.54) is 12.4 Å². The number of halogens is 1. The number of nitrogens with one attached hydrogen (secondary N) is 1. The highest BCUT2D eigenvalue weighted by atomic mass is 19.1. The SMILES string of the molecule is CCCc1c(Cc2ccc(-c3ccccc3-c3noc(=O)[nH]3)cc2F)c(=O)n(C2CCC(OC3COCC3(C)O)CC2)c2ncnn12. The summed E-state index contributed by atoms with van der Waals surface area (Å²) in [4.78, 5) is 33.0. The fraction of sp³-hybridized carbons (Fsp3) is 0.441. The first-order valence-corrected chi connectivity index (χ1v) is 16.1. The van der Waals surface area contributed by atoms with Crippen LogP contribution in [0.5, 0.6) is 0 Å². The van der Waals surface area contributed by atoms with E-state index in [0.29, 0.717) is 59.5 Å². The minimum absolute atomic E-state index is 0.0462. The predicted molar refractivity (Wildman–Crippen MR) is 170 cm³/mol. The van der Waals surface area contributed by atoms with Crippen molar-refractivity contribution in [2.75, 3.05) is 13.2 Å². The molecular formula is C34H37FN6O6. The number of H-pyrrole nitrogens is 1. The maximum Gasteiger partial charge on any atom is 0.439 e. The molecule has 0 bridgehead atoms. The van der Waals surface area contributed by atoms with E-state index in [1.54, 1.807) is 40.3 Å². The molecule has 12 nitrogen and oxygen atoms in total. The van der Waals surface area contributed by atoms with Crippen molar-refractivity contribution in [3.63, 3.8) is 0 Å². The van der Waals surface area contributed by atoms with Crippen LogP contribution in [0.2, 0.25) is 0 Å². The topological polar surface area (TPSA) is 150 Å². The van der Waals surface area contributed by atoms with Gasteiger partial charge < -0.3 is 14.6 Å². The molecule has 2 unspecified atom stereocenters. The van der Waals surface area contributed by atoms with Crippen LogP contribution in [0, 0.1) is 5.82 Å². The Balaban J connectivity index is 1.19. The average molecular weight is 645 g/mol. The minimum atomic E-state index is -1.01. The highest BCUT2D eigenvalue weighted by molar-refractivity contribution is 5.80. The Morgan fingerprint density at radius 3 is 2.60 bits per heavy atom. The van der Waals surface area contributed by atoms with Crippen molar-refractivity contribution >= 4 is 5.78 Å². The van der Waals surface area contributed by atoms with Gasteiger partial charge in [0, 0.05) is 23.6 Å². The van der Waals surface area contributed by atoms with Crippen molar-refractivity contribution in [1.82, 2.24) is 29.3 Å². The van der Waals surface area contributed by atoms with Crippen LogP contribution in [0.25, 0.3) is 28.3 Å². The van der Waals surface area contributed by atoms with Gasteiger partial charge in [-0.3, -0.25) is 18.9 Å². The molecule has 13 heteroatoms. The molecule has 7 rings (SSSR count). The second kappa shape index (κ2) is 12.6. The van der Waals surface area contributed by atoms with Gasteiger partial charge in [-0.15, -0.1) is 0 Å². The predicted octanol–water partition coefficient (Wildman–Crippen LogP) is 4.23. The zero-order chi connectivity index (χ0) is 32.7. The molecule has 2 atom stereocenters. The zero-order valence-electron chi connectivity index (χ0n) is 26.3. The van der Waals surface area contributed by atoms with Crippen LogP contribution in [0.3, 0.4) is 0 Å². The Kier molecular flexibility index (Phi) is 8.37. The molecule has 2 N–H and O–H groups in total. The Bertz CT molecular complexity index is 2020. The lowest BCUT2D eigenvalue weighted by atomic mass is 9.91. The molecule has 0 spiro atoms. The van der Waals surface area contributed by atoms with Crippen LogP contribution >= 0.6 is 0 Å². The quantitative estimate of drug-likeness (QED) is 0.240. The van der Waals surface area contributed by atoms with Gasteiger partial charge in [0.05, 0.1) is 25.0 Å². The highest BCUT2D eigenvalue weighted by Crippen LogP contribution is 2.34. The number of aromatic amines is 1. The van der Waals surface area contributed by atoms with Crippen molar-refractivity contribution in [2.24, 2.45) is 0 Å². The van der Waals surface area contributed by atoms with E-state index in [9.17, 15) is 14.7 Å². The summed E-state index contributed by atoms with van der Waals surface area (Å²) in [5, 5.41) is 18.9. The van der Waals surface area contributed by atoms with Crippen LogP contribution in [-0.2, 0) is 22.3 Å². The molecule has 1 aliphatic carbocycles. The van der Waals surface area contributed by atoms with E-state index in [4.69, 9.17) is 9.47 Å². The minimum Gasteiger partial charge on any atom is -0.385 e. The first kappa shape index (κ1) is 31.2. The molecule has 1 aliphatic heterocycles. The number of aromatic nitrogens is 6. The van der Waals surface area contributed by atoms with Crippen LogP contribution in [0.15, 0.2) is 62.9 Å². The maximum atomic E-state index is 15.9. The van der Waals surface area contributed by atoms with Gasteiger partial charge in [-0.25, -0.2) is 13.7 Å².